The van der Waals surface area contributed by atoms with Crippen LogP contribution in [0.3, 0.4) is 0 Å². The molecule has 4 nitrogen and oxygen atoms in total. The second kappa shape index (κ2) is 11.4. The molecule has 22 heavy (non-hydrogen) atoms. The number of nitrogens with one attached hydrogen (secondary N) is 2. The molecule has 1 rings (SSSR count). The van der Waals surface area contributed by atoms with E-state index in [0.717, 1.165) is 18.1 Å². The lowest BCUT2D eigenvalue weighted by molar-refractivity contribution is 0.305. The molecule has 0 spiro atoms. The Bertz CT molecular complexity index is 477. The number of halogens is 2. The van der Waals surface area contributed by atoms with E-state index in [1.165, 1.54) is 6.07 Å². The van der Waals surface area contributed by atoms with Gasteiger partial charge in [-0.2, -0.15) is 0 Å². The summed E-state index contributed by atoms with van der Waals surface area (Å²) in [4.78, 5) is 6.60. The Kier molecular flexibility index (Phi) is 10.8. The van der Waals surface area contributed by atoms with Crippen LogP contribution in [0.5, 0.6) is 0 Å². The molecule has 124 valence electrons. The average Bonchev–Trinajstić information content (AvgIpc) is 2.44. The fourth-order valence-electron chi connectivity index (χ4n) is 1.97. The summed E-state index contributed by atoms with van der Waals surface area (Å²) in [5.74, 6) is 0.515. The van der Waals surface area contributed by atoms with Crippen LogP contribution in [0.1, 0.15) is 18.5 Å². The predicted octanol–water partition coefficient (Wildman–Crippen LogP) is 2.79. The smallest absolute Gasteiger partial charge is 0.191 e. The highest BCUT2D eigenvalue weighted by atomic mass is 127. The molecule has 2 N–H and O–H groups in total. The minimum Gasteiger partial charge on any atom is -0.357 e. The van der Waals surface area contributed by atoms with Gasteiger partial charge in [0.2, 0.25) is 0 Å². The van der Waals surface area contributed by atoms with E-state index >= 15 is 0 Å². The van der Waals surface area contributed by atoms with E-state index < -0.39 is 0 Å². The first-order valence-corrected chi connectivity index (χ1v) is 7.13. The monoisotopic (exact) mass is 420 g/mol. The van der Waals surface area contributed by atoms with Crippen LogP contribution in [0, 0.1) is 5.82 Å². The molecule has 0 saturated carbocycles. The van der Waals surface area contributed by atoms with Crippen LogP contribution in [0.15, 0.2) is 41.9 Å². The number of hydrogen-bond donors (Lipinski definition) is 2. The van der Waals surface area contributed by atoms with Crippen molar-refractivity contribution in [1.29, 1.82) is 0 Å². The topological polar surface area (TPSA) is 39.7 Å². The highest BCUT2D eigenvalue weighted by molar-refractivity contribution is 14.0. The number of hydrogen-bond acceptors (Lipinski definition) is 2. The minimum absolute atomic E-state index is 0. The first-order valence-electron chi connectivity index (χ1n) is 7.13. The third-order valence-corrected chi connectivity index (χ3v) is 3.04. The largest absolute Gasteiger partial charge is 0.357 e. The van der Waals surface area contributed by atoms with Crippen molar-refractivity contribution >= 4 is 29.9 Å². The molecule has 1 aromatic carbocycles. The zero-order valence-electron chi connectivity index (χ0n) is 13.5. The Morgan fingerprint density at radius 3 is 2.68 bits per heavy atom. The van der Waals surface area contributed by atoms with Gasteiger partial charge in [0.15, 0.2) is 5.96 Å². The second-order valence-electron chi connectivity index (χ2n) is 4.92. The van der Waals surface area contributed by atoms with E-state index in [-0.39, 0.29) is 35.8 Å². The van der Waals surface area contributed by atoms with E-state index in [0.29, 0.717) is 13.1 Å². The molecule has 1 atom stereocenters. The maximum Gasteiger partial charge on any atom is 0.191 e. The summed E-state index contributed by atoms with van der Waals surface area (Å²) >= 11 is 0. The third-order valence-electron chi connectivity index (χ3n) is 3.04. The van der Waals surface area contributed by atoms with Gasteiger partial charge in [-0.3, -0.25) is 4.99 Å². The van der Waals surface area contributed by atoms with Gasteiger partial charge >= 0.3 is 0 Å². The Morgan fingerprint density at radius 2 is 2.14 bits per heavy atom. The zero-order chi connectivity index (χ0) is 15.7. The molecule has 0 aliphatic rings. The molecule has 0 radical (unpaired) electrons. The van der Waals surface area contributed by atoms with Gasteiger partial charge in [0.05, 0.1) is 12.6 Å². The van der Waals surface area contributed by atoms with Crippen LogP contribution in [0.4, 0.5) is 4.39 Å². The van der Waals surface area contributed by atoms with Crippen molar-refractivity contribution in [3.63, 3.8) is 0 Å². The minimum atomic E-state index is -0.222. The van der Waals surface area contributed by atoms with Crippen molar-refractivity contribution in [3.8, 4) is 0 Å². The molecule has 0 aliphatic heterocycles. The molecule has 0 heterocycles. The molecule has 1 unspecified atom stereocenters. The lowest BCUT2D eigenvalue weighted by Gasteiger charge is -2.23. The summed E-state index contributed by atoms with van der Waals surface area (Å²) in [5.41, 5.74) is 0.920. The van der Waals surface area contributed by atoms with E-state index in [1.807, 2.05) is 32.0 Å². The Labute approximate surface area is 149 Å². The van der Waals surface area contributed by atoms with Crippen molar-refractivity contribution < 1.29 is 4.39 Å². The quantitative estimate of drug-likeness (QED) is 0.309. The number of rotatable bonds is 7. The summed E-state index contributed by atoms with van der Waals surface area (Å²) in [6.45, 7) is 7.68. The standard InChI is InChI=1S/C16H25FN4.HI/c1-5-10-19-16(18-6-2)20-12-15(21(3)4)13-8-7-9-14(17)11-13;/h5,7-9,11,15H,1,6,10,12H2,2-4H3,(H2,18,19,20);1H. The van der Waals surface area contributed by atoms with Crippen molar-refractivity contribution in [2.45, 2.75) is 13.0 Å². The van der Waals surface area contributed by atoms with Gasteiger partial charge in [-0.15, -0.1) is 30.6 Å². The summed E-state index contributed by atoms with van der Waals surface area (Å²) in [5, 5.41) is 6.33. The molecule has 0 amide bonds. The maximum absolute atomic E-state index is 13.4. The summed E-state index contributed by atoms with van der Waals surface area (Å²) in [7, 11) is 3.93. The number of aliphatic imine (C=N–C) groups is 1. The first-order chi connectivity index (χ1) is 10.1. The number of likely N-dealkylation sites (N-methyl/N-ethyl adjacent to an activating group) is 1. The van der Waals surface area contributed by atoms with Crippen LogP contribution < -0.4 is 10.6 Å². The summed E-state index contributed by atoms with van der Waals surface area (Å²) in [6, 6.07) is 6.69. The molecule has 0 fully saturated rings. The average molecular weight is 420 g/mol. The molecule has 0 aromatic heterocycles. The SMILES string of the molecule is C=CCNC(=NCC(c1cccc(F)c1)N(C)C)NCC.I. The summed E-state index contributed by atoms with van der Waals surface area (Å²) < 4.78 is 13.4. The van der Waals surface area contributed by atoms with Crippen LogP contribution in [0.25, 0.3) is 0 Å². The van der Waals surface area contributed by atoms with E-state index in [1.54, 1.807) is 18.2 Å². The number of nitrogens with zero attached hydrogens (tertiary/aromatic N) is 2. The van der Waals surface area contributed by atoms with Crippen molar-refractivity contribution in [2.24, 2.45) is 4.99 Å². The lowest BCUT2D eigenvalue weighted by atomic mass is 10.1. The van der Waals surface area contributed by atoms with Gasteiger partial charge in [0.25, 0.3) is 0 Å². The predicted molar refractivity (Wildman–Crippen MR) is 102 cm³/mol. The van der Waals surface area contributed by atoms with Gasteiger partial charge in [0, 0.05) is 13.1 Å². The van der Waals surface area contributed by atoms with E-state index in [4.69, 9.17) is 0 Å². The van der Waals surface area contributed by atoms with Crippen LogP contribution in [-0.2, 0) is 0 Å². The Balaban J connectivity index is 0.00000441. The summed E-state index contributed by atoms with van der Waals surface area (Å²) in [6.07, 6.45) is 1.78. The van der Waals surface area contributed by atoms with Gasteiger partial charge in [-0.25, -0.2) is 4.39 Å². The molecule has 0 bridgehead atoms. The van der Waals surface area contributed by atoms with Crippen molar-refractivity contribution in [1.82, 2.24) is 15.5 Å². The molecule has 0 aliphatic carbocycles. The maximum atomic E-state index is 13.4. The first kappa shape index (κ1) is 20.9. The molecular formula is C16H26FIN4. The third kappa shape index (κ3) is 7.22. The fourth-order valence-corrected chi connectivity index (χ4v) is 1.97. The highest BCUT2D eigenvalue weighted by Gasteiger charge is 2.14. The fraction of sp³-hybridized carbons (Fsp3) is 0.438. The van der Waals surface area contributed by atoms with E-state index in [2.05, 4.69) is 22.2 Å². The van der Waals surface area contributed by atoms with Gasteiger partial charge < -0.3 is 15.5 Å². The van der Waals surface area contributed by atoms with Crippen LogP contribution in [-0.4, -0.2) is 44.6 Å². The van der Waals surface area contributed by atoms with Crippen LogP contribution >= 0.6 is 24.0 Å². The van der Waals surface area contributed by atoms with Gasteiger partial charge in [-0.1, -0.05) is 18.2 Å². The molecule has 0 saturated heterocycles. The van der Waals surface area contributed by atoms with Crippen LogP contribution in [0.2, 0.25) is 0 Å². The lowest BCUT2D eigenvalue weighted by Crippen LogP contribution is -2.38. The molecule has 6 heteroatoms. The Morgan fingerprint density at radius 1 is 1.41 bits per heavy atom. The van der Waals surface area contributed by atoms with Crippen molar-refractivity contribution in [2.75, 3.05) is 33.7 Å². The number of benzene rings is 1. The Hall–Kier alpha value is -1.15. The highest BCUT2D eigenvalue weighted by Crippen LogP contribution is 2.19. The normalized spacial score (nSPS) is 12.5. The zero-order valence-corrected chi connectivity index (χ0v) is 15.8. The number of guanidine groups is 1. The van der Waals surface area contributed by atoms with Crippen molar-refractivity contribution in [3.05, 3.63) is 48.3 Å². The second-order valence-corrected chi connectivity index (χ2v) is 4.92. The van der Waals surface area contributed by atoms with Gasteiger partial charge in [0.1, 0.15) is 5.82 Å². The van der Waals surface area contributed by atoms with E-state index in [9.17, 15) is 4.39 Å². The molecule has 1 aromatic rings. The molecular weight excluding hydrogens is 394 g/mol. The van der Waals surface area contributed by atoms with Gasteiger partial charge in [-0.05, 0) is 38.7 Å².